The lowest BCUT2D eigenvalue weighted by Gasteiger charge is -2.15. The number of nitrogen functional groups attached to an aromatic ring is 1. The quantitative estimate of drug-likeness (QED) is 0.870. The molecule has 2 N–H and O–H groups in total. The molecule has 0 radical (unpaired) electrons. The second kappa shape index (κ2) is 6.65. The number of amides is 1. The number of alkyl halides is 2. The van der Waals surface area contributed by atoms with Crippen LogP contribution < -0.4 is 10.6 Å². The summed E-state index contributed by atoms with van der Waals surface area (Å²) in [7, 11) is 3.17. The molecular formula is C11H18F2N4OS. The molecule has 1 amide bonds. The Morgan fingerprint density at radius 1 is 1.47 bits per heavy atom. The fraction of sp³-hybridized carbons (Fsp3) is 0.636. The molecular weight excluding hydrogens is 274 g/mol. The first kappa shape index (κ1) is 15.6. The van der Waals surface area contributed by atoms with E-state index in [0.29, 0.717) is 5.13 Å². The molecule has 1 aromatic heterocycles. The van der Waals surface area contributed by atoms with E-state index >= 15 is 0 Å². The van der Waals surface area contributed by atoms with Crippen molar-refractivity contribution in [3.05, 3.63) is 4.88 Å². The number of rotatable bonds is 6. The van der Waals surface area contributed by atoms with Crippen molar-refractivity contribution >= 4 is 28.2 Å². The van der Waals surface area contributed by atoms with Gasteiger partial charge in [0.15, 0.2) is 5.13 Å². The van der Waals surface area contributed by atoms with Crippen molar-refractivity contribution in [1.82, 2.24) is 9.88 Å². The molecule has 0 saturated carbocycles. The van der Waals surface area contributed by atoms with Crippen LogP contribution in [0.2, 0.25) is 0 Å². The van der Waals surface area contributed by atoms with Gasteiger partial charge in [-0.25, -0.2) is 13.8 Å². The van der Waals surface area contributed by atoms with E-state index in [0.717, 1.165) is 29.2 Å². The molecule has 0 unspecified atom stereocenters. The summed E-state index contributed by atoms with van der Waals surface area (Å²) in [5, 5.41) is 0.619. The largest absolute Gasteiger partial charge is 0.382 e. The van der Waals surface area contributed by atoms with E-state index in [1.54, 1.807) is 0 Å². The minimum Gasteiger partial charge on any atom is -0.382 e. The van der Waals surface area contributed by atoms with Gasteiger partial charge >= 0.3 is 0 Å². The van der Waals surface area contributed by atoms with Gasteiger partial charge in [-0.05, 0) is 6.42 Å². The minimum atomic E-state index is -2.56. The molecule has 0 saturated heterocycles. The third kappa shape index (κ3) is 4.02. The molecule has 0 aliphatic rings. The Hall–Kier alpha value is -1.44. The Morgan fingerprint density at radius 3 is 2.63 bits per heavy atom. The van der Waals surface area contributed by atoms with E-state index in [2.05, 4.69) is 4.98 Å². The summed E-state index contributed by atoms with van der Waals surface area (Å²) in [4.78, 5) is 19.1. The monoisotopic (exact) mass is 292 g/mol. The van der Waals surface area contributed by atoms with Gasteiger partial charge in [-0.3, -0.25) is 4.79 Å². The molecule has 5 nitrogen and oxygen atoms in total. The zero-order valence-electron chi connectivity index (χ0n) is 11.2. The van der Waals surface area contributed by atoms with Crippen LogP contribution in [-0.4, -0.2) is 49.4 Å². The van der Waals surface area contributed by atoms with E-state index in [9.17, 15) is 13.6 Å². The van der Waals surface area contributed by atoms with Gasteiger partial charge < -0.3 is 15.5 Å². The first-order valence-corrected chi connectivity index (χ1v) is 6.69. The van der Waals surface area contributed by atoms with Crippen molar-refractivity contribution in [3.63, 3.8) is 0 Å². The summed E-state index contributed by atoms with van der Waals surface area (Å²) < 4.78 is 24.5. The molecule has 1 heterocycles. The van der Waals surface area contributed by atoms with Crippen LogP contribution in [0.15, 0.2) is 0 Å². The van der Waals surface area contributed by atoms with Gasteiger partial charge in [0.1, 0.15) is 10.7 Å². The maximum Gasteiger partial charge on any atom is 0.267 e. The lowest BCUT2D eigenvalue weighted by atomic mass is 10.4. The number of aromatic nitrogens is 1. The molecule has 1 aromatic rings. The van der Waals surface area contributed by atoms with Gasteiger partial charge in [0.2, 0.25) is 0 Å². The lowest BCUT2D eigenvalue weighted by molar-refractivity contribution is 0.0625. The number of nitrogens with two attached hydrogens (primary N) is 1. The summed E-state index contributed by atoms with van der Waals surface area (Å²) in [6, 6.07) is 0. The van der Waals surface area contributed by atoms with Crippen LogP contribution in [0, 0.1) is 0 Å². The molecule has 0 aliphatic carbocycles. The topological polar surface area (TPSA) is 62.5 Å². The van der Waals surface area contributed by atoms with Crippen molar-refractivity contribution in [3.8, 4) is 0 Å². The maximum atomic E-state index is 12.3. The Kier molecular flexibility index (Phi) is 5.46. The Bertz CT molecular complexity index is 438. The first-order valence-electron chi connectivity index (χ1n) is 5.87. The van der Waals surface area contributed by atoms with Gasteiger partial charge in [-0.15, -0.1) is 0 Å². The Morgan fingerprint density at radius 2 is 2.11 bits per heavy atom. The number of anilines is 2. The van der Waals surface area contributed by atoms with Crippen molar-refractivity contribution in [2.75, 3.05) is 37.8 Å². The molecule has 1 rings (SSSR count). The third-order valence-electron chi connectivity index (χ3n) is 2.48. The normalized spacial score (nSPS) is 10.8. The summed E-state index contributed by atoms with van der Waals surface area (Å²) in [6.07, 6.45) is -1.63. The molecule has 0 bridgehead atoms. The number of halogens is 2. The number of carbonyl (C=O) groups is 1. The average Bonchev–Trinajstić information content (AvgIpc) is 2.70. The molecule has 19 heavy (non-hydrogen) atoms. The highest BCUT2D eigenvalue weighted by Crippen LogP contribution is 2.28. The summed E-state index contributed by atoms with van der Waals surface area (Å²) >= 11 is 1.12. The van der Waals surface area contributed by atoms with E-state index in [1.165, 1.54) is 7.05 Å². The van der Waals surface area contributed by atoms with Crippen LogP contribution >= 0.6 is 11.3 Å². The highest BCUT2D eigenvalue weighted by atomic mass is 32.1. The van der Waals surface area contributed by atoms with Crippen LogP contribution in [-0.2, 0) is 0 Å². The van der Waals surface area contributed by atoms with Crippen LogP contribution in [0.3, 0.4) is 0 Å². The Labute approximate surface area is 115 Å². The van der Waals surface area contributed by atoms with Gasteiger partial charge in [0.05, 0.1) is 6.54 Å². The lowest BCUT2D eigenvalue weighted by Crippen LogP contribution is -2.31. The molecule has 0 atom stereocenters. The van der Waals surface area contributed by atoms with Gasteiger partial charge in [-0.2, -0.15) is 0 Å². The SMILES string of the molecule is CCCN(C)c1nc(N)c(C(=O)N(C)CC(F)F)s1. The molecule has 0 aliphatic heterocycles. The van der Waals surface area contributed by atoms with E-state index in [4.69, 9.17) is 5.73 Å². The predicted molar refractivity (Wildman–Crippen MR) is 73.1 cm³/mol. The highest BCUT2D eigenvalue weighted by Gasteiger charge is 2.22. The maximum absolute atomic E-state index is 12.3. The van der Waals surface area contributed by atoms with Crippen LogP contribution in [0.4, 0.5) is 19.7 Å². The van der Waals surface area contributed by atoms with Crippen LogP contribution in [0.25, 0.3) is 0 Å². The molecule has 108 valence electrons. The smallest absolute Gasteiger partial charge is 0.267 e. The first-order chi connectivity index (χ1) is 8.86. The molecule has 0 spiro atoms. The van der Waals surface area contributed by atoms with Crippen molar-refractivity contribution in [2.24, 2.45) is 0 Å². The van der Waals surface area contributed by atoms with Gasteiger partial charge in [-0.1, -0.05) is 18.3 Å². The van der Waals surface area contributed by atoms with Crippen molar-refractivity contribution in [2.45, 2.75) is 19.8 Å². The number of thiazole rings is 1. The average molecular weight is 292 g/mol. The molecule has 8 heteroatoms. The fourth-order valence-electron chi connectivity index (χ4n) is 1.53. The fourth-order valence-corrected chi connectivity index (χ4v) is 2.50. The second-order valence-electron chi connectivity index (χ2n) is 4.21. The number of hydrogen-bond acceptors (Lipinski definition) is 5. The zero-order chi connectivity index (χ0) is 14.6. The predicted octanol–water partition coefficient (Wildman–Crippen LogP) is 1.91. The van der Waals surface area contributed by atoms with Crippen molar-refractivity contribution < 1.29 is 13.6 Å². The van der Waals surface area contributed by atoms with Crippen molar-refractivity contribution in [1.29, 1.82) is 0 Å². The van der Waals surface area contributed by atoms with Crippen LogP contribution in [0.1, 0.15) is 23.0 Å². The zero-order valence-corrected chi connectivity index (χ0v) is 12.0. The molecule has 0 fully saturated rings. The minimum absolute atomic E-state index is 0.0917. The number of nitrogens with zero attached hydrogens (tertiary/aromatic N) is 3. The Balaban J connectivity index is 2.86. The number of carbonyl (C=O) groups excluding carboxylic acids is 1. The second-order valence-corrected chi connectivity index (χ2v) is 5.19. The van der Waals surface area contributed by atoms with E-state index in [1.807, 2.05) is 18.9 Å². The summed E-state index contributed by atoms with van der Waals surface area (Å²) in [5.74, 6) is -0.430. The molecule has 0 aromatic carbocycles. The highest BCUT2D eigenvalue weighted by molar-refractivity contribution is 7.18. The van der Waals surface area contributed by atoms with Crippen LogP contribution in [0.5, 0.6) is 0 Å². The van der Waals surface area contributed by atoms with E-state index in [-0.39, 0.29) is 10.7 Å². The summed E-state index contributed by atoms with van der Waals surface area (Å²) in [6.45, 7) is 2.19. The standard InChI is InChI=1S/C11H18F2N4OS/c1-4-5-16(2)11-15-9(14)8(19-11)10(18)17(3)6-7(12)13/h7H,4-6,14H2,1-3H3. The van der Waals surface area contributed by atoms with Gasteiger partial charge in [0, 0.05) is 20.6 Å². The van der Waals surface area contributed by atoms with Gasteiger partial charge in [0.25, 0.3) is 12.3 Å². The van der Waals surface area contributed by atoms with E-state index < -0.39 is 18.9 Å². The number of hydrogen-bond donors (Lipinski definition) is 1. The summed E-state index contributed by atoms with van der Waals surface area (Å²) in [5.41, 5.74) is 5.68. The third-order valence-corrected chi connectivity index (χ3v) is 3.65.